The van der Waals surface area contributed by atoms with Gasteiger partial charge in [0.25, 0.3) is 0 Å². The second-order valence-electron chi connectivity index (χ2n) is 4.71. The summed E-state index contributed by atoms with van der Waals surface area (Å²) in [5.74, 6) is 0.746. The van der Waals surface area contributed by atoms with Crippen LogP contribution in [0.2, 0.25) is 5.02 Å². The number of hydrogen-bond acceptors (Lipinski definition) is 3. The van der Waals surface area contributed by atoms with Gasteiger partial charge in [-0.25, -0.2) is 4.98 Å². The maximum absolute atomic E-state index is 6.02. The highest BCUT2D eigenvalue weighted by atomic mass is 35.5. The van der Waals surface area contributed by atoms with Gasteiger partial charge in [-0.3, -0.25) is 4.99 Å². The average molecular weight is 323 g/mol. The summed E-state index contributed by atoms with van der Waals surface area (Å²) in [5.41, 5.74) is 1.12. The summed E-state index contributed by atoms with van der Waals surface area (Å²) in [6.45, 7) is 4.79. The van der Waals surface area contributed by atoms with Crippen LogP contribution in [-0.4, -0.2) is 18.0 Å². The number of aromatic nitrogens is 1. The first kappa shape index (κ1) is 15.8. The molecule has 6 heteroatoms. The number of thiazole rings is 1. The highest BCUT2D eigenvalue weighted by Gasteiger charge is 2.08. The maximum atomic E-state index is 6.02. The van der Waals surface area contributed by atoms with Gasteiger partial charge in [-0.15, -0.1) is 11.3 Å². The lowest BCUT2D eigenvalue weighted by Gasteiger charge is -2.18. The van der Waals surface area contributed by atoms with E-state index in [9.17, 15) is 0 Å². The molecule has 0 aliphatic rings. The topological polar surface area (TPSA) is 49.3 Å². The molecule has 0 aliphatic carbocycles. The van der Waals surface area contributed by atoms with Crippen LogP contribution in [0.1, 0.15) is 28.4 Å². The molecule has 1 aromatic heterocycles. The van der Waals surface area contributed by atoms with E-state index in [0.717, 1.165) is 21.6 Å². The van der Waals surface area contributed by atoms with E-state index in [1.54, 1.807) is 18.4 Å². The van der Waals surface area contributed by atoms with E-state index < -0.39 is 0 Å². The molecule has 0 saturated heterocycles. The highest BCUT2D eigenvalue weighted by Crippen LogP contribution is 2.17. The predicted octanol–water partition coefficient (Wildman–Crippen LogP) is 3.53. The summed E-state index contributed by atoms with van der Waals surface area (Å²) in [6.07, 6.45) is 1.88. The molecule has 1 heterocycles. The van der Waals surface area contributed by atoms with Crippen molar-refractivity contribution in [1.82, 2.24) is 15.6 Å². The third-order valence-corrected chi connectivity index (χ3v) is 4.15. The van der Waals surface area contributed by atoms with Crippen LogP contribution in [0, 0.1) is 6.92 Å². The standard InChI is InChI=1S/C15H19ClN4S/c1-10-8-18-14(21-10)9-19-15(17-3)20-11(2)12-5-4-6-13(16)7-12/h4-8,11H,9H2,1-3H3,(H2,17,19,20). The molecule has 2 rings (SSSR count). The van der Waals surface area contributed by atoms with Gasteiger partial charge in [0.2, 0.25) is 0 Å². The van der Waals surface area contributed by atoms with Crippen molar-refractivity contribution in [1.29, 1.82) is 0 Å². The minimum absolute atomic E-state index is 0.118. The number of nitrogens with one attached hydrogen (secondary N) is 2. The fourth-order valence-corrected chi connectivity index (χ4v) is 2.83. The van der Waals surface area contributed by atoms with Crippen LogP contribution in [0.15, 0.2) is 35.5 Å². The summed E-state index contributed by atoms with van der Waals surface area (Å²) in [7, 11) is 1.76. The van der Waals surface area contributed by atoms with Crippen LogP contribution in [0.5, 0.6) is 0 Å². The van der Waals surface area contributed by atoms with Crippen LogP contribution in [-0.2, 0) is 6.54 Å². The largest absolute Gasteiger partial charge is 0.350 e. The lowest BCUT2D eigenvalue weighted by Crippen LogP contribution is -2.38. The van der Waals surface area contributed by atoms with E-state index in [0.29, 0.717) is 6.54 Å². The van der Waals surface area contributed by atoms with Crippen molar-refractivity contribution >= 4 is 28.9 Å². The van der Waals surface area contributed by atoms with Crippen molar-refractivity contribution in [2.75, 3.05) is 7.05 Å². The molecule has 4 nitrogen and oxygen atoms in total. The number of aryl methyl sites for hydroxylation is 1. The molecule has 1 aromatic carbocycles. The fourth-order valence-electron chi connectivity index (χ4n) is 1.90. The van der Waals surface area contributed by atoms with E-state index in [-0.39, 0.29) is 6.04 Å². The Morgan fingerprint density at radius 3 is 2.90 bits per heavy atom. The molecular weight excluding hydrogens is 304 g/mol. The first-order valence-corrected chi connectivity index (χ1v) is 7.92. The number of benzene rings is 1. The van der Waals surface area contributed by atoms with Crippen molar-refractivity contribution in [3.8, 4) is 0 Å². The van der Waals surface area contributed by atoms with Crippen LogP contribution in [0.25, 0.3) is 0 Å². The number of aliphatic imine (C=N–C) groups is 1. The molecule has 0 fully saturated rings. The zero-order valence-electron chi connectivity index (χ0n) is 12.4. The Balaban J connectivity index is 1.93. The molecule has 2 aromatic rings. The predicted molar refractivity (Wildman–Crippen MR) is 90.1 cm³/mol. The number of rotatable bonds is 4. The molecule has 0 aliphatic heterocycles. The molecule has 0 bridgehead atoms. The van der Waals surface area contributed by atoms with Gasteiger partial charge in [-0.1, -0.05) is 23.7 Å². The average Bonchev–Trinajstić information content (AvgIpc) is 2.89. The zero-order valence-corrected chi connectivity index (χ0v) is 13.9. The van der Waals surface area contributed by atoms with Gasteiger partial charge in [0.15, 0.2) is 5.96 Å². The van der Waals surface area contributed by atoms with E-state index in [1.807, 2.05) is 30.5 Å². The first-order chi connectivity index (χ1) is 10.1. The van der Waals surface area contributed by atoms with Crippen molar-refractivity contribution in [3.05, 3.63) is 50.9 Å². The Morgan fingerprint density at radius 2 is 2.29 bits per heavy atom. The van der Waals surface area contributed by atoms with Gasteiger partial charge in [-0.05, 0) is 31.5 Å². The van der Waals surface area contributed by atoms with Gasteiger partial charge in [0.1, 0.15) is 5.01 Å². The Labute approximate surface area is 134 Å². The summed E-state index contributed by atoms with van der Waals surface area (Å²) < 4.78 is 0. The van der Waals surface area contributed by atoms with E-state index in [2.05, 4.69) is 34.5 Å². The molecule has 0 spiro atoms. The number of hydrogen-bond donors (Lipinski definition) is 2. The Hall–Kier alpha value is -1.59. The number of halogens is 1. The fraction of sp³-hybridized carbons (Fsp3) is 0.333. The normalized spacial score (nSPS) is 13.0. The second kappa shape index (κ2) is 7.43. The number of nitrogens with zero attached hydrogens (tertiary/aromatic N) is 2. The molecule has 112 valence electrons. The van der Waals surface area contributed by atoms with Crippen molar-refractivity contribution in [2.45, 2.75) is 26.4 Å². The maximum Gasteiger partial charge on any atom is 0.191 e. The molecule has 1 unspecified atom stereocenters. The molecule has 0 saturated carbocycles. The van der Waals surface area contributed by atoms with Crippen molar-refractivity contribution < 1.29 is 0 Å². The van der Waals surface area contributed by atoms with Gasteiger partial charge < -0.3 is 10.6 Å². The van der Waals surface area contributed by atoms with Crippen molar-refractivity contribution in [3.63, 3.8) is 0 Å². The summed E-state index contributed by atoms with van der Waals surface area (Å²) in [5, 5.41) is 8.40. The minimum Gasteiger partial charge on any atom is -0.350 e. The Bertz CT molecular complexity index is 624. The smallest absolute Gasteiger partial charge is 0.191 e. The monoisotopic (exact) mass is 322 g/mol. The molecule has 0 amide bonds. The molecule has 2 N–H and O–H groups in total. The lowest BCUT2D eigenvalue weighted by atomic mass is 10.1. The SMILES string of the molecule is CN=C(NCc1ncc(C)s1)NC(C)c1cccc(Cl)c1. The zero-order chi connectivity index (χ0) is 15.2. The van der Waals surface area contributed by atoms with Crippen LogP contribution >= 0.6 is 22.9 Å². The highest BCUT2D eigenvalue weighted by molar-refractivity contribution is 7.11. The molecule has 21 heavy (non-hydrogen) atoms. The van der Waals surface area contributed by atoms with Gasteiger partial charge >= 0.3 is 0 Å². The van der Waals surface area contributed by atoms with Crippen LogP contribution in [0.4, 0.5) is 0 Å². The molecule has 0 radical (unpaired) electrons. The summed E-state index contributed by atoms with van der Waals surface area (Å²) in [4.78, 5) is 9.77. The minimum atomic E-state index is 0.118. The van der Waals surface area contributed by atoms with E-state index in [4.69, 9.17) is 11.6 Å². The number of guanidine groups is 1. The Kier molecular flexibility index (Phi) is 5.59. The third-order valence-electron chi connectivity index (χ3n) is 3.00. The van der Waals surface area contributed by atoms with E-state index in [1.165, 1.54) is 4.88 Å². The lowest BCUT2D eigenvalue weighted by molar-refractivity contribution is 0.685. The van der Waals surface area contributed by atoms with Gasteiger partial charge in [-0.2, -0.15) is 0 Å². The second-order valence-corrected chi connectivity index (χ2v) is 6.47. The third kappa shape index (κ3) is 4.72. The molecule has 1 atom stereocenters. The van der Waals surface area contributed by atoms with Crippen molar-refractivity contribution in [2.24, 2.45) is 4.99 Å². The summed E-state index contributed by atoms with van der Waals surface area (Å²) >= 11 is 7.71. The molecular formula is C15H19ClN4S. The summed E-state index contributed by atoms with van der Waals surface area (Å²) in [6, 6.07) is 7.94. The Morgan fingerprint density at radius 1 is 1.48 bits per heavy atom. The van der Waals surface area contributed by atoms with Gasteiger partial charge in [0.05, 0.1) is 12.6 Å². The van der Waals surface area contributed by atoms with E-state index >= 15 is 0 Å². The van der Waals surface area contributed by atoms with Crippen LogP contribution < -0.4 is 10.6 Å². The van der Waals surface area contributed by atoms with Gasteiger partial charge in [0, 0.05) is 23.1 Å². The first-order valence-electron chi connectivity index (χ1n) is 6.72. The van der Waals surface area contributed by atoms with Crippen LogP contribution in [0.3, 0.4) is 0 Å². The quantitative estimate of drug-likeness (QED) is 0.668.